The van der Waals surface area contributed by atoms with Crippen molar-refractivity contribution in [1.29, 1.82) is 0 Å². The van der Waals surface area contributed by atoms with Gasteiger partial charge in [-0.1, -0.05) is 6.92 Å². The van der Waals surface area contributed by atoms with Crippen molar-refractivity contribution in [2.75, 3.05) is 28.7 Å². The SMILES string of the molecule is CCS(=O)(=O)C1CSCCN1c1ccc(F)cc1C(C)N. The van der Waals surface area contributed by atoms with Crippen LogP contribution >= 0.6 is 11.8 Å². The topological polar surface area (TPSA) is 63.4 Å². The van der Waals surface area contributed by atoms with E-state index in [4.69, 9.17) is 5.73 Å². The molecule has 7 heteroatoms. The van der Waals surface area contributed by atoms with Crippen LogP contribution in [0.2, 0.25) is 0 Å². The molecular weight excluding hydrogens is 311 g/mol. The summed E-state index contributed by atoms with van der Waals surface area (Å²) in [5, 5.41) is -0.566. The molecule has 1 aliphatic rings. The third-order valence-corrected chi connectivity index (χ3v) is 6.98. The number of hydrogen-bond acceptors (Lipinski definition) is 5. The van der Waals surface area contributed by atoms with E-state index in [-0.39, 0.29) is 17.6 Å². The highest BCUT2D eigenvalue weighted by atomic mass is 32.2. The summed E-state index contributed by atoms with van der Waals surface area (Å²) in [5.41, 5.74) is 7.31. The molecule has 1 saturated heterocycles. The Morgan fingerprint density at radius 2 is 2.24 bits per heavy atom. The minimum Gasteiger partial charge on any atom is -0.353 e. The number of hydrogen-bond donors (Lipinski definition) is 1. The van der Waals surface area contributed by atoms with Gasteiger partial charge in [-0.25, -0.2) is 12.8 Å². The molecule has 1 aromatic rings. The van der Waals surface area contributed by atoms with Gasteiger partial charge in [0, 0.05) is 35.5 Å². The Bertz CT molecular complexity index is 605. The Morgan fingerprint density at radius 1 is 1.52 bits per heavy atom. The summed E-state index contributed by atoms with van der Waals surface area (Å²) >= 11 is 1.63. The summed E-state index contributed by atoms with van der Waals surface area (Å²) in [7, 11) is -3.20. The van der Waals surface area contributed by atoms with Crippen molar-refractivity contribution < 1.29 is 12.8 Å². The summed E-state index contributed by atoms with van der Waals surface area (Å²) in [6.07, 6.45) is 0. The molecule has 0 saturated carbocycles. The highest BCUT2D eigenvalue weighted by Gasteiger charge is 2.34. The third kappa shape index (κ3) is 3.52. The fourth-order valence-corrected chi connectivity index (χ4v) is 5.48. The molecule has 0 spiro atoms. The van der Waals surface area contributed by atoms with Crippen LogP contribution in [0.3, 0.4) is 0 Å². The van der Waals surface area contributed by atoms with Crippen LogP contribution in [-0.4, -0.2) is 37.6 Å². The quantitative estimate of drug-likeness (QED) is 0.915. The average Bonchev–Trinajstić information content (AvgIpc) is 2.47. The Kier molecular flexibility index (Phi) is 5.16. The molecule has 2 N–H and O–H groups in total. The van der Waals surface area contributed by atoms with E-state index in [1.807, 2.05) is 4.90 Å². The number of nitrogens with zero attached hydrogens (tertiary/aromatic N) is 1. The molecule has 0 aliphatic carbocycles. The zero-order valence-corrected chi connectivity index (χ0v) is 13.9. The van der Waals surface area contributed by atoms with Gasteiger partial charge in [0.15, 0.2) is 9.84 Å². The Labute approximate surface area is 129 Å². The van der Waals surface area contributed by atoms with Gasteiger partial charge in [-0.05, 0) is 30.7 Å². The lowest BCUT2D eigenvalue weighted by atomic mass is 10.1. The number of halogens is 1. The fourth-order valence-electron chi connectivity index (χ4n) is 2.50. The molecule has 1 aliphatic heterocycles. The first kappa shape index (κ1) is 16.6. The zero-order chi connectivity index (χ0) is 15.6. The predicted molar refractivity (Wildman–Crippen MR) is 86.9 cm³/mol. The monoisotopic (exact) mass is 332 g/mol. The maximum atomic E-state index is 13.5. The van der Waals surface area contributed by atoms with Crippen LogP contribution in [0.15, 0.2) is 18.2 Å². The lowest BCUT2D eigenvalue weighted by Gasteiger charge is -2.38. The largest absolute Gasteiger partial charge is 0.353 e. The van der Waals surface area contributed by atoms with Crippen molar-refractivity contribution >= 4 is 27.3 Å². The fraction of sp³-hybridized carbons (Fsp3) is 0.571. The molecule has 1 fully saturated rings. The summed E-state index contributed by atoms with van der Waals surface area (Å²) in [6, 6.07) is 4.05. The number of rotatable bonds is 4. The van der Waals surface area contributed by atoms with Crippen LogP contribution in [0, 0.1) is 5.82 Å². The van der Waals surface area contributed by atoms with Gasteiger partial charge in [0.2, 0.25) is 0 Å². The van der Waals surface area contributed by atoms with E-state index in [2.05, 4.69) is 0 Å². The van der Waals surface area contributed by atoms with Crippen LogP contribution in [0.4, 0.5) is 10.1 Å². The lowest BCUT2D eigenvalue weighted by molar-refractivity contribution is 0.578. The molecule has 4 nitrogen and oxygen atoms in total. The summed E-state index contributed by atoms with van der Waals surface area (Å²) in [6.45, 7) is 4.06. The number of anilines is 1. The molecule has 1 heterocycles. The van der Waals surface area contributed by atoms with Gasteiger partial charge >= 0.3 is 0 Å². The van der Waals surface area contributed by atoms with Crippen LogP contribution in [-0.2, 0) is 9.84 Å². The van der Waals surface area contributed by atoms with Gasteiger partial charge in [-0.2, -0.15) is 11.8 Å². The van der Waals surface area contributed by atoms with E-state index in [0.29, 0.717) is 17.9 Å². The molecule has 0 amide bonds. The van der Waals surface area contributed by atoms with Crippen molar-refractivity contribution in [2.45, 2.75) is 25.3 Å². The molecule has 21 heavy (non-hydrogen) atoms. The summed E-state index contributed by atoms with van der Waals surface area (Å²) in [5.74, 6) is 1.13. The van der Waals surface area contributed by atoms with Crippen LogP contribution in [0.5, 0.6) is 0 Å². The van der Waals surface area contributed by atoms with Crippen molar-refractivity contribution in [3.63, 3.8) is 0 Å². The van der Waals surface area contributed by atoms with E-state index in [1.165, 1.54) is 12.1 Å². The smallest absolute Gasteiger partial charge is 0.171 e. The standard InChI is InChI=1S/C14H21FN2O2S2/c1-3-21(18,19)14-9-20-7-6-17(14)13-5-4-11(15)8-12(13)10(2)16/h4-5,8,10,14H,3,6-7,9,16H2,1-2H3. The normalized spacial score (nSPS) is 21.3. The van der Waals surface area contributed by atoms with Crippen molar-refractivity contribution in [3.8, 4) is 0 Å². The minimum absolute atomic E-state index is 0.101. The van der Waals surface area contributed by atoms with Gasteiger partial charge in [0.1, 0.15) is 11.2 Å². The Morgan fingerprint density at radius 3 is 2.86 bits per heavy atom. The molecule has 2 rings (SSSR count). The van der Waals surface area contributed by atoms with E-state index in [9.17, 15) is 12.8 Å². The Hall–Kier alpha value is -0.790. The van der Waals surface area contributed by atoms with Crippen molar-refractivity contribution in [2.24, 2.45) is 5.73 Å². The molecular formula is C14H21FN2O2S2. The predicted octanol–water partition coefficient (Wildman–Crippen LogP) is 2.16. The number of thioether (sulfide) groups is 1. The highest BCUT2D eigenvalue weighted by molar-refractivity contribution is 8.01. The summed E-state index contributed by atoms with van der Waals surface area (Å²) in [4.78, 5) is 1.87. The molecule has 0 aromatic heterocycles. The second-order valence-electron chi connectivity index (χ2n) is 5.17. The van der Waals surface area contributed by atoms with Gasteiger partial charge in [0.25, 0.3) is 0 Å². The second kappa shape index (κ2) is 6.54. The third-order valence-electron chi connectivity index (χ3n) is 3.69. The van der Waals surface area contributed by atoms with E-state index >= 15 is 0 Å². The summed E-state index contributed by atoms with van der Waals surface area (Å²) < 4.78 is 38.1. The Balaban J connectivity index is 2.47. The van der Waals surface area contributed by atoms with Gasteiger partial charge in [-0.15, -0.1) is 0 Å². The molecule has 1 aromatic carbocycles. The van der Waals surface area contributed by atoms with Gasteiger partial charge in [-0.3, -0.25) is 0 Å². The van der Waals surface area contributed by atoms with E-state index in [1.54, 1.807) is 31.7 Å². The number of sulfone groups is 1. The molecule has 118 valence electrons. The maximum Gasteiger partial charge on any atom is 0.171 e. The van der Waals surface area contributed by atoms with E-state index in [0.717, 1.165) is 11.4 Å². The molecule has 0 bridgehead atoms. The van der Waals surface area contributed by atoms with Gasteiger partial charge in [0.05, 0.1) is 0 Å². The molecule has 2 unspecified atom stereocenters. The number of benzene rings is 1. The highest BCUT2D eigenvalue weighted by Crippen LogP contribution is 2.32. The first-order chi connectivity index (χ1) is 9.86. The maximum absolute atomic E-state index is 13.5. The molecule has 2 atom stereocenters. The van der Waals surface area contributed by atoms with Crippen molar-refractivity contribution in [3.05, 3.63) is 29.6 Å². The molecule has 0 radical (unpaired) electrons. The van der Waals surface area contributed by atoms with E-state index < -0.39 is 15.2 Å². The first-order valence-corrected chi connectivity index (χ1v) is 9.84. The van der Waals surface area contributed by atoms with Crippen LogP contribution in [0.1, 0.15) is 25.5 Å². The van der Waals surface area contributed by atoms with Gasteiger partial charge < -0.3 is 10.6 Å². The van der Waals surface area contributed by atoms with Crippen LogP contribution < -0.4 is 10.6 Å². The van der Waals surface area contributed by atoms with Crippen LogP contribution in [0.25, 0.3) is 0 Å². The first-order valence-electron chi connectivity index (χ1n) is 6.97. The van der Waals surface area contributed by atoms with Crippen molar-refractivity contribution in [1.82, 2.24) is 0 Å². The second-order valence-corrected chi connectivity index (χ2v) is 8.76. The minimum atomic E-state index is -3.20. The average molecular weight is 332 g/mol. The number of nitrogens with two attached hydrogens (primary N) is 1. The lowest BCUT2D eigenvalue weighted by Crippen LogP contribution is -2.48. The zero-order valence-electron chi connectivity index (χ0n) is 12.3.